The number of carbonyl (C=O) groups is 1. The Bertz CT molecular complexity index is 683. The fourth-order valence-corrected chi connectivity index (χ4v) is 3.68. The summed E-state index contributed by atoms with van der Waals surface area (Å²) in [6.07, 6.45) is 0.833. The normalized spacial score (nSPS) is 21.8. The summed E-state index contributed by atoms with van der Waals surface area (Å²) in [5, 5.41) is 0. The molecule has 0 saturated carbocycles. The molecule has 0 saturated heterocycles. The SMILES string of the molecule is CCC(I)C1(c2ccc(F)cc2)OC(=O)c2ccccc21. The fourth-order valence-electron chi connectivity index (χ4n) is 2.85. The van der Waals surface area contributed by atoms with E-state index >= 15 is 0 Å². The molecule has 108 valence electrons. The van der Waals surface area contributed by atoms with Crippen molar-refractivity contribution in [3.05, 3.63) is 71.0 Å². The first kappa shape index (κ1) is 14.5. The highest BCUT2D eigenvalue weighted by atomic mass is 127. The van der Waals surface area contributed by atoms with Crippen molar-refractivity contribution in [1.29, 1.82) is 0 Å². The molecule has 4 heteroatoms. The number of rotatable bonds is 3. The summed E-state index contributed by atoms with van der Waals surface area (Å²) in [5.74, 6) is -0.613. The van der Waals surface area contributed by atoms with Crippen LogP contribution < -0.4 is 0 Å². The van der Waals surface area contributed by atoms with Crippen molar-refractivity contribution in [1.82, 2.24) is 0 Å². The fraction of sp³-hybridized carbons (Fsp3) is 0.235. The topological polar surface area (TPSA) is 26.3 Å². The maximum absolute atomic E-state index is 13.2. The van der Waals surface area contributed by atoms with Gasteiger partial charge in [0, 0.05) is 11.1 Å². The number of esters is 1. The number of benzene rings is 2. The van der Waals surface area contributed by atoms with Crippen LogP contribution >= 0.6 is 22.6 Å². The van der Waals surface area contributed by atoms with Gasteiger partial charge >= 0.3 is 5.97 Å². The lowest BCUT2D eigenvalue weighted by atomic mass is 9.82. The summed E-state index contributed by atoms with van der Waals surface area (Å²) < 4.78 is 19.1. The van der Waals surface area contributed by atoms with Gasteiger partial charge in [-0.3, -0.25) is 0 Å². The Morgan fingerprint density at radius 3 is 2.52 bits per heavy atom. The molecule has 0 aliphatic carbocycles. The Labute approximate surface area is 136 Å². The van der Waals surface area contributed by atoms with Crippen molar-refractivity contribution in [3.8, 4) is 0 Å². The van der Waals surface area contributed by atoms with Gasteiger partial charge in [-0.25, -0.2) is 9.18 Å². The van der Waals surface area contributed by atoms with Crippen molar-refractivity contribution in [3.63, 3.8) is 0 Å². The number of fused-ring (bicyclic) bond motifs is 1. The number of alkyl halides is 1. The maximum atomic E-state index is 13.2. The molecular weight excluding hydrogens is 382 g/mol. The van der Waals surface area contributed by atoms with Crippen LogP contribution in [0.15, 0.2) is 48.5 Å². The van der Waals surface area contributed by atoms with E-state index in [0.717, 1.165) is 17.5 Å². The zero-order chi connectivity index (χ0) is 15.0. The lowest BCUT2D eigenvalue weighted by Gasteiger charge is -2.33. The number of hydrogen-bond acceptors (Lipinski definition) is 2. The molecule has 2 atom stereocenters. The second kappa shape index (κ2) is 5.40. The van der Waals surface area contributed by atoms with Gasteiger partial charge in [0.25, 0.3) is 0 Å². The summed E-state index contributed by atoms with van der Waals surface area (Å²) >= 11 is 2.31. The van der Waals surface area contributed by atoms with Crippen LogP contribution in [0.2, 0.25) is 0 Å². The van der Waals surface area contributed by atoms with E-state index < -0.39 is 5.60 Å². The monoisotopic (exact) mass is 396 g/mol. The first-order valence-electron chi connectivity index (χ1n) is 6.82. The standard InChI is InChI=1S/C17H14FIO2/c1-2-15(19)17(11-7-9-12(18)10-8-11)14-6-4-3-5-13(14)16(20)21-17/h3-10,15H,2H2,1H3. The highest BCUT2D eigenvalue weighted by Gasteiger charge is 2.50. The van der Waals surface area contributed by atoms with Crippen molar-refractivity contribution in [2.75, 3.05) is 0 Å². The highest BCUT2D eigenvalue weighted by molar-refractivity contribution is 14.1. The average molecular weight is 396 g/mol. The van der Waals surface area contributed by atoms with Crippen LogP contribution in [0, 0.1) is 5.82 Å². The van der Waals surface area contributed by atoms with Crippen molar-refractivity contribution in [2.24, 2.45) is 0 Å². The van der Waals surface area contributed by atoms with Crippen LogP contribution in [0.25, 0.3) is 0 Å². The highest BCUT2D eigenvalue weighted by Crippen LogP contribution is 2.48. The molecule has 1 heterocycles. The largest absolute Gasteiger partial charge is 0.444 e. The van der Waals surface area contributed by atoms with Crippen LogP contribution in [0.3, 0.4) is 0 Å². The Hall–Kier alpha value is -1.43. The van der Waals surface area contributed by atoms with Crippen LogP contribution in [0.1, 0.15) is 34.8 Å². The first-order chi connectivity index (χ1) is 10.1. The molecule has 0 radical (unpaired) electrons. The van der Waals surface area contributed by atoms with Crippen LogP contribution in [0.4, 0.5) is 4.39 Å². The first-order valence-corrected chi connectivity index (χ1v) is 8.07. The van der Waals surface area contributed by atoms with E-state index in [4.69, 9.17) is 4.74 Å². The third kappa shape index (κ3) is 2.16. The van der Waals surface area contributed by atoms with E-state index in [1.54, 1.807) is 18.2 Å². The lowest BCUT2D eigenvalue weighted by Crippen LogP contribution is -2.37. The van der Waals surface area contributed by atoms with Crippen molar-refractivity contribution in [2.45, 2.75) is 22.9 Å². The number of hydrogen-bond donors (Lipinski definition) is 0. The van der Waals surface area contributed by atoms with Gasteiger partial charge < -0.3 is 4.74 Å². The molecule has 0 aromatic heterocycles. The van der Waals surface area contributed by atoms with Crippen LogP contribution in [-0.4, -0.2) is 9.89 Å². The number of carbonyl (C=O) groups excluding carboxylic acids is 1. The Morgan fingerprint density at radius 1 is 1.19 bits per heavy atom. The summed E-state index contributed by atoms with van der Waals surface area (Å²) in [6, 6.07) is 13.6. The molecule has 0 fully saturated rings. The second-order valence-corrected chi connectivity index (χ2v) is 6.56. The summed E-state index contributed by atoms with van der Waals surface area (Å²) in [4.78, 5) is 12.2. The van der Waals surface area contributed by atoms with E-state index in [0.29, 0.717) is 5.56 Å². The van der Waals surface area contributed by atoms with Gasteiger partial charge in [0.1, 0.15) is 5.82 Å². The minimum absolute atomic E-state index is 0.0631. The number of cyclic esters (lactones) is 1. The zero-order valence-corrected chi connectivity index (χ0v) is 13.6. The maximum Gasteiger partial charge on any atom is 0.339 e. The molecule has 0 amide bonds. The predicted molar refractivity (Wildman–Crippen MR) is 87.1 cm³/mol. The predicted octanol–water partition coefficient (Wildman–Crippen LogP) is 4.45. The second-order valence-electron chi connectivity index (χ2n) is 5.05. The van der Waals surface area contributed by atoms with E-state index in [2.05, 4.69) is 29.5 Å². The summed E-state index contributed by atoms with van der Waals surface area (Å²) in [5.41, 5.74) is 1.43. The van der Waals surface area contributed by atoms with Gasteiger partial charge in [-0.1, -0.05) is 59.8 Å². The van der Waals surface area contributed by atoms with E-state index in [-0.39, 0.29) is 15.7 Å². The number of halogens is 2. The molecule has 2 nitrogen and oxygen atoms in total. The van der Waals surface area contributed by atoms with Gasteiger partial charge in [-0.2, -0.15) is 0 Å². The minimum atomic E-state index is -0.837. The molecule has 1 aliphatic heterocycles. The quantitative estimate of drug-likeness (QED) is 0.435. The summed E-state index contributed by atoms with van der Waals surface area (Å²) in [7, 11) is 0. The van der Waals surface area contributed by atoms with E-state index in [1.807, 2.05) is 18.2 Å². The Balaban J connectivity index is 2.25. The van der Waals surface area contributed by atoms with E-state index in [1.165, 1.54) is 12.1 Å². The van der Waals surface area contributed by atoms with Crippen molar-refractivity contribution >= 4 is 28.6 Å². The lowest BCUT2D eigenvalue weighted by molar-refractivity contribution is 0.0113. The van der Waals surface area contributed by atoms with Crippen molar-refractivity contribution < 1.29 is 13.9 Å². The number of ether oxygens (including phenoxy) is 1. The average Bonchev–Trinajstić information content (AvgIpc) is 2.82. The zero-order valence-electron chi connectivity index (χ0n) is 11.5. The van der Waals surface area contributed by atoms with Gasteiger partial charge in [0.15, 0.2) is 5.60 Å². The van der Waals surface area contributed by atoms with E-state index in [9.17, 15) is 9.18 Å². The van der Waals surface area contributed by atoms with Gasteiger partial charge in [0.2, 0.25) is 0 Å². The van der Waals surface area contributed by atoms with Crippen LogP contribution in [0.5, 0.6) is 0 Å². The Morgan fingerprint density at radius 2 is 1.86 bits per heavy atom. The molecule has 1 aliphatic rings. The Kier molecular flexibility index (Phi) is 3.73. The third-order valence-electron chi connectivity index (χ3n) is 3.87. The molecular formula is C17H14FIO2. The molecule has 0 N–H and O–H groups in total. The van der Waals surface area contributed by atoms with Gasteiger partial charge in [-0.05, 0) is 24.6 Å². The molecule has 3 rings (SSSR count). The van der Waals surface area contributed by atoms with Gasteiger partial charge in [0.05, 0.1) is 9.49 Å². The smallest absolute Gasteiger partial charge is 0.339 e. The summed E-state index contributed by atoms with van der Waals surface area (Å²) in [6.45, 7) is 2.05. The molecule has 2 unspecified atom stereocenters. The molecule has 2 aromatic rings. The molecule has 0 bridgehead atoms. The van der Waals surface area contributed by atoms with Gasteiger partial charge in [-0.15, -0.1) is 0 Å². The molecule has 21 heavy (non-hydrogen) atoms. The minimum Gasteiger partial charge on any atom is -0.444 e. The van der Waals surface area contributed by atoms with Crippen LogP contribution in [-0.2, 0) is 10.3 Å². The molecule has 2 aromatic carbocycles. The third-order valence-corrected chi connectivity index (χ3v) is 5.63. The molecule has 0 spiro atoms.